The van der Waals surface area contributed by atoms with E-state index in [2.05, 4.69) is 17.0 Å². The van der Waals surface area contributed by atoms with E-state index in [1.54, 1.807) is 0 Å². The van der Waals surface area contributed by atoms with Gasteiger partial charge in [-0.25, -0.2) is 4.98 Å². The van der Waals surface area contributed by atoms with Crippen LogP contribution in [0.1, 0.15) is 31.2 Å². The highest BCUT2D eigenvalue weighted by Crippen LogP contribution is 2.31. The van der Waals surface area contributed by atoms with Gasteiger partial charge in [0.05, 0.1) is 11.6 Å². The first-order chi connectivity index (χ1) is 11.2. The van der Waals surface area contributed by atoms with Gasteiger partial charge in [-0.15, -0.1) is 0 Å². The summed E-state index contributed by atoms with van der Waals surface area (Å²) in [7, 11) is 0. The minimum Gasteiger partial charge on any atom is -0.378 e. The predicted molar refractivity (Wildman–Crippen MR) is 95.4 cm³/mol. The van der Waals surface area contributed by atoms with Crippen molar-refractivity contribution in [2.45, 2.75) is 38.7 Å². The minimum atomic E-state index is 0.503. The Morgan fingerprint density at radius 3 is 2.65 bits per heavy atom. The fourth-order valence-electron chi connectivity index (χ4n) is 3.95. The molecule has 0 spiro atoms. The highest BCUT2D eigenvalue weighted by atomic mass is 35.5. The zero-order chi connectivity index (χ0) is 15.8. The summed E-state index contributed by atoms with van der Waals surface area (Å²) >= 11 is 6.25. The molecule has 0 aliphatic carbocycles. The molecule has 1 aromatic carbocycles. The molecule has 2 aliphatic heterocycles. The molecule has 1 aromatic heterocycles. The monoisotopic (exact) mass is 330 g/mol. The van der Waals surface area contributed by atoms with Crippen molar-refractivity contribution in [1.29, 1.82) is 0 Å². The molecule has 4 heteroatoms. The van der Waals surface area contributed by atoms with Gasteiger partial charge in [-0.1, -0.05) is 17.7 Å². The lowest BCUT2D eigenvalue weighted by Crippen LogP contribution is -2.38. The van der Waals surface area contributed by atoms with Crippen LogP contribution in [0.5, 0.6) is 0 Å². The lowest BCUT2D eigenvalue weighted by atomic mass is 9.90. The smallest absolute Gasteiger partial charge is 0.129 e. The highest BCUT2D eigenvalue weighted by Gasteiger charge is 2.29. The van der Waals surface area contributed by atoms with Crippen molar-refractivity contribution >= 4 is 28.3 Å². The van der Waals surface area contributed by atoms with Gasteiger partial charge in [0.2, 0.25) is 0 Å². The van der Waals surface area contributed by atoms with Gasteiger partial charge in [0.15, 0.2) is 0 Å². The van der Waals surface area contributed by atoms with Crippen LogP contribution < -0.4 is 4.90 Å². The van der Waals surface area contributed by atoms with Crippen LogP contribution in [0.4, 0.5) is 5.82 Å². The van der Waals surface area contributed by atoms with Crippen molar-refractivity contribution in [2.75, 3.05) is 24.6 Å². The van der Waals surface area contributed by atoms with Gasteiger partial charge in [-0.05, 0) is 62.3 Å². The second-order valence-corrected chi connectivity index (χ2v) is 7.20. The second kappa shape index (κ2) is 6.29. The van der Waals surface area contributed by atoms with E-state index in [4.69, 9.17) is 21.3 Å². The Balaban J connectivity index is 1.52. The molecular formula is C19H23ClN2O. The summed E-state index contributed by atoms with van der Waals surface area (Å²) in [6.45, 7) is 5.15. The Morgan fingerprint density at radius 2 is 1.91 bits per heavy atom. The molecular weight excluding hydrogens is 308 g/mol. The standard InChI is InChI=1S/C19H23ClN2O/c1-13-16(20)6-4-15-5-7-18(21-19(13)15)22-10-8-14(9-11-22)17-3-2-12-23-17/h4-7,14,17H,2-3,8-12H2,1H3. The van der Waals surface area contributed by atoms with Gasteiger partial charge < -0.3 is 9.64 Å². The summed E-state index contributed by atoms with van der Waals surface area (Å²) in [5, 5.41) is 1.95. The third-order valence-corrected chi connectivity index (χ3v) is 5.80. The van der Waals surface area contributed by atoms with Crippen LogP contribution in [-0.2, 0) is 4.74 Å². The van der Waals surface area contributed by atoms with Crippen molar-refractivity contribution < 1.29 is 4.74 Å². The summed E-state index contributed by atoms with van der Waals surface area (Å²) in [5.74, 6) is 1.80. The molecule has 2 fully saturated rings. The van der Waals surface area contributed by atoms with E-state index in [1.807, 2.05) is 19.1 Å². The summed E-state index contributed by atoms with van der Waals surface area (Å²) in [4.78, 5) is 7.30. The topological polar surface area (TPSA) is 25.4 Å². The number of halogens is 1. The maximum Gasteiger partial charge on any atom is 0.129 e. The van der Waals surface area contributed by atoms with Crippen molar-refractivity contribution in [3.63, 3.8) is 0 Å². The number of fused-ring (bicyclic) bond motifs is 1. The Hall–Kier alpha value is -1.32. The van der Waals surface area contributed by atoms with E-state index >= 15 is 0 Å². The number of ether oxygens (including phenoxy) is 1. The number of pyridine rings is 1. The van der Waals surface area contributed by atoms with Crippen LogP contribution in [-0.4, -0.2) is 30.8 Å². The predicted octanol–water partition coefficient (Wildman–Crippen LogP) is 4.59. The van der Waals surface area contributed by atoms with Crippen molar-refractivity contribution in [3.05, 3.63) is 34.9 Å². The summed E-state index contributed by atoms with van der Waals surface area (Å²) in [6.07, 6.45) is 5.40. The van der Waals surface area contributed by atoms with E-state index < -0.39 is 0 Å². The third kappa shape index (κ3) is 2.92. The van der Waals surface area contributed by atoms with Gasteiger partial charge in [-0.2, -0.15) is 0 Å². The van der Waals surface area contributed by atoms with Crippen molar-refractivity contribution in [2.24, 2.45) is 5.92 Å². The van der Waals surface area contributed by atoms with Crippen LogP contribution in [0.25, 0.3) is 10.9 Å². The maximum absolute atomic E-state index is 6.25. The first kappa shape index (κ1) is 15.2. The Morgan fingerprint density at radius 1 is 1.13 bits per heavy atom. The van der Waals surface area contributed by atoms with Crippen LogP contribution in [0.3, 0.4) is 0 Å². The summed E-state index contributed by atoms with van der Waals surface area (Å²) < 4.78 is 5.87. The van der Waals surface area contributed by atoms with Crippen LogP contribution in [0, 0.1) is 12.8 Å². The van der Waals surface area contributed by atoms with Gasteiger partial charge in [0.1, 0.15) is 5.82 Å². The Labute approximate surface area is 142 Å². The highest BCUT2D eigenvalue weighted by molar-refractivity contribution is 6.32. The molecule has 3 heterocycles. The number of aromatic nitrogens is 1. The molecule has 2 aliphatic rings. The number of piperidine rings is 1. The number of rotatable bonds is 2. The fourth-order valence-corrected chi connectivity index (χ4v) is 4.10. The first-order valence-corrected chi connectivity index (χ1v) is 9.02. The quantitative estimate of drug-likeness (QED) is 0.805. The molecule has 2 saturated heterocycles. The third-order valence-electron chi connectivity index (χ3n) is 5.39. The Bertz CT molecular complexity index is 704. The molecule has 0 bridgehead atoms. The van der Waals surface area contributed by atoms with E-state index in [0.29, 0.717) is 6.10 Å². The molecule has 0 radical (unpaired) electrons. The molecule has 23 heavy (non-hydrogen) atoms. The molecule has 1 atom stereocenters. The molecule has 122 valence electrons. The van der Waals surface area contributed by atoms with E-state index in [1.165, 1.54) is 25.7 Å². The lowest BCUT2D eigenvalue weighted by molar-refractivity contribution is 0.0531. The van der Waals surface area contributed by atoms with Gasteiger partial charge in [0.25, 0.3) is 0 Å². The molecule has 1 unspecified atom stereocenters. The average Bonchev–Trinajstić information content (AvgIpc) is 3.13. The number of aryl methyl sites for hydroxylation is 1. The van der Waals surface area contributed by atoms with Crippen LogP contribution >= 0.6 is 11.6 Å². The molecule has 0 N–H and O–H groups in total. The Kier molecular flexibility index (Phi) is 4.16. The van der Waals surface area contributed by atoms with Gasteiger partial charge in [-0.3, -0.25) is 0 Å². The van der Waals surface area contributed by atoms with E-state index in [0.717, 1.165) is 52.9 Å². The SMILES string of the molecule is Cc1c(Cl)ccc2ccc(N3CCC(C4CCCO4)CC3)nc12. The minimum absolute atomic E-state index is 0.503. The number of hydrogen-bond donors (Lipinski definition) is 0. The molecule has 3 nitrogen and oxygen atoms in total. The molecule has 2 aromatic rings. The van der Waals surface area contributed by atoms with E-state index in [-0.39, 0.29) is 0 Å². The zero-order valence-electron chi connectivity index (χ0n) is 13.6. The van der Waals surface area contributed by atoms with E-state index in [9.17, 15) is 0 Å². The fraction of sp³-hybridized carbons (Fsp3) is 0.526. The maximum atomic E-state index is 6.25. The number of hydrogen-bond acceptors (Lipinski definition) is 3. The first-order valence-electron chi connectivity index (χ1n) is 8.65. The summed E-state index contributed by atoms with van der Waals surface area (Å²) in [5.41, 5.74) is 2.09. The molecule has 4 rings (SSSR count). The molecule has 0 saturated carbocycles. The molecule has 0 amide bonds. The summed E-state index contributed by atoms with van der Waals surface area (Å²) in [6, 6.07) is 8.30. The van der Waals surface area contributed by atoms with Gasteiger partial charge in [0, 0.05) is 30.1 Å². The largest absolute Gasteiger partial charge is 0.378 e. The average molecular weight is 331 g/mol. The van der Waals surface area contributed by atoms with Crippen molar-refractivity contribution in [1.82, 2.24) is 4.98 Å². The van der Waals surface area contributed by atoms with Crippen LogP contribution in [0.15, 0.2) is 24.3 Å². The van der Waals surface area contributed by atoms with Crippen molar-refractivity contribution in [3.8, 4) is 0 Å². The lowest BCUT2D eigenvalue weighted by Gasteiger charge is -2.35. The number of nitrogens with zero attached hydrogens (tertiary/aromatic N) is 2. The number of benzene rings is 1. The normalized spacial score (nSPS) is 22.9. The van der Waals surface area contributed by atoms with Gasteiger partial charge >= 0.3 is 0 Å². The number of anilines is 1. The van der Waals surface area contributed by atoms with Crippen LogP contribution in [0.2, 0.25) is 5.02 Å². The zero-order valence-corrected chi connectivity index (χ0v) is 14.4. The second-order valence-electron chi connectivity index (χ2n) is 6.79.